The number of methoxy groups -OCH3 is 1. The third kappa shape index (κ3) is 7.44. The number of rotatable bonds is 7. The molecule has 0 bridgehead atoms. The number of aliphatic hydroxyl groups is 1. The molecule has 0 aliphatic carbocycles. The molecule has 5 heteroatoms. The maximum Gasteiger partial charge on any atom is 0.160 e. The topological polar surface area (TPSA) is 73.8 Å². The molecule has 144 valence electrons. The quantitative estimate of drug-likeness (QED) is 0.611. The van der Waals surface area contributed by atoms with Gasteiger partial charge in [-0.25, -0.2) is 0 Å². The van der Waals surface area contributed by atoms with Gasteiger partial charge in [-0.05, 0) is 57.6 Å². The van der Waals surface area contributed by atoms with Crippen LogP contribution in [0.15, 0.2) is 48.5 Å². The van der Waals surface area contributed by atoms with Gasteiger partial charge in [0.2, 0.25) is 0 Å². The molecular weight excluding hydrogens is 328 g/mol. The van der Waals surface area contributed by atoms with Crippen molar-refractivity contribution < 1.29 is 14.9 Å². The molecule has 2 rings (SSSR count). The van der Waals surface area contributed by atoms with Gasteiger partial charge in [-0.2, -0.15) is 0 Å². The first-order valence-corrected chi connectivity index (χ1v) is 8.75. The van der Waals surface area contributed by atoms with Gasteiger partial charge in [0.05, 0.1) is 13.2 Å². The monoisotopic (exact) mass is 360 g/mol. The summed E-state index contributed by atoms with van der Waals surface area (Å²) in [5, 5.41) is 25.1. The molecule has 26 heavy (non-hydrogen) atoms. The Morgan fingerprint density at radius 3 is 2.27 bits per heavy atom. The third-order valence-corrected chi connectivity index (χ3v) is 4.15. The highest BCUT2D eigenvalue weighted by atomic mass is 16.5. The van der Waals surface area contributed by atoms with Crippen LogP contribution >= 0.6 is 0 Å². The highest BCUT2D eigenvalue weighted by Gasteiger charge is 2.14. The van der Waals surface area contributed by atoms with E-state index in [0.717, 1.165) is 6.42 Å². The van der Waals surface area contributed by atoms with E-state index in [1.165, 1.54) is 18.7 Å². The first-order valence-electron chi connectivity index (χ1n) is 8.75. The van der Waals surface area contributed by atoms with E-state index >= 15 is 0 Å². The molecule has 0 heterocycles. The predicted octanol–water partition coefficient (Wildman–Crippen LogP) is 2.88. The van der Waals surface area contributed by atoms with E-state index in [0.29, 0.717) is 17.9 Å². The number of nitrogens with one attached hydrogen (secondary N) is 2. The Hall–Kier alpha value is -2.08. The van der Waals surface area contributed by atoms with E-state index in [4.69, 9.17) is 4.74 Å². The normalized spacial score (nSPS) is 12.1. The Bertz CT molecular complexity index is 645. The molecule has 0 aliphatic heterocycles. The van der Waals surface area contributed by atoms with Crippen molar-refractivity contribution in [3.05, 3.63) is 59.7 Å². The Labute approximate surface area is 157 Å². The van der Waals surface area contributed by atoms with E-state index in [-0.39, 0.29) is 11.3 Å². The molecule has 0 amide bonds. The number of ether oxygens (including phenoxy) is 1. The summed E-state index contributed by atoms with van der Waals surface area (Å²) in [6, 6.07) is 15.3. The van der Waals surface area contributed by atoms with E-state index in [9.17, 15) is 10.2 Å². The number of hydrogen-bond acceptors (Lipinski definition) is 5. The maximum atomic E-state index is 9.63. The highest BCUT2D eigenvalue weighted by molar-refractivity contribution is 5.42. The van der Waals surface area contributed by atoms with Crippen molar-refractivity contribution in [1.82, 2.24) is 10.6 Å². The molecule has 5 nitrogen and oxygen atoms in total. The maximum absolute atomic E-state index is 9.63. The molecule has 0 saturated heterocycles. The molecule has 0 aliphatic rings. The number of phenolic OH excluding ortho intramolecular Hbond substituents is 1. The van der Waals surface area contributed by atoms with Crippen LogP contribution in [0.25, 0.3) is 0 Å². The number of hydrogen-bond donors (Lipinski definition) is 4. The second-order valence-electron chi connectivity index (χ2n) is 6.80. The van der Waals surface area contributed by atoms with Crippen molar-refractivity contribution >= 4 is 0 Å². The summed E-state index contributed by atoms with van der Waals surface area (Å²) in [6.45, 7) is 4.88. The number of benzene rings is 2. The van der Waals surface area contributed by atoms with Crippen molar-refractivity contribution in [2.75, 3.05) is 27.7 Å². The van der Waals surface area contributed by atoms with Crippen LogP contribution in [0.3, 0.4) is 0 Å². The minimum atomic E-state index is -0.588. The zero-order valence-corrected chi connectivity index (χ0v) is 16.4. The zero-order chi connectivity index (χ0) is 19.6. The van der Waals surface area contributed by atoms with E-state index in [1.54, 1.807) is 19.2 Å². The smallest absolute Gasteiger partial charge is 0.160 e. The van der Waals surface area contributed by atoms with Crippen LogP contribution in [-0.2, 0) is 6.42 Å². The van der Waals surface area contributed by atoms with Crippen LogP contribution in [0, 0.1) is 0 Å². The van der Waals surface area contributed by atoms with Gasteiger partial charge in [0.1, 0.15) is 0 Å². The van der Waals surface area contributed by atoms with Crippen LogP contribution in [0.4, 0.5) is 0 Å². The zero-order valence-electron chi connectivity index (χ0n) is 16.4. The lowest BCUT2D eigenvalue weighted by Crippen LogP contribution is -2.38. The molecule has 0 radical (unpaired) electrons. The summed E-state index contributed by atoms with van der Waals surface area (Å²) in [6.07, 6.45) is 0.485. The molecular formula is C21H32N2O3. The van der Waals surface area contributed by atoms with Gasteiger partial charge in [0, 0.05) is 12.1 Å². The van der Waals surface area contributed by atoms with Crippen LogP contribution in [0.1, 0.15) is 31.1 Å². The van der Waals surface area contributed by atoms with Crippen LogP contribution in [0.5, 0.6) is 11.5 Å². The van der Waals surface area contributed by atoms with Gasteiger partial charge < -0.3 is 25.6 Å². The summed E-state index contributed by atoms with van der Waals surface area (Å²) in [5.41, 5.74) is 2.30. The van der Waals surface area contributed by atoms with Gasteiger partial charge >= 0.3 is 0 Å². The Kier molecular flexibility index (Phi) is 9.13. The van der Waals surface area contributed by atoms with Gasteiger partial charge in [0.15, 0.2) is 11.5 Å². The fourth-order valence-corrected chi connectivity index (χ4v) is 2.41. The summed E-state index contributed by atoms with van der Waals surface area (Å²) < 4.78 is 4.93. The first kappa shape index (κ1) is 22.0. The minimum absolute atomic E-state index is 0.0768. The Balaban J connectivity index is 0.000000263. The van der Waals surface area contributed by atoms with Crippen molar-refractivity contribution in [3.63, 3.8) is 0 Å². The number of likely N-dealkylation sites (N-methyl/N-ethyl adjacent to an activating group) is 2. The molecule has 0 spiro atoms. The molecule has 0 fully saturated rings. The van der Waals surface area contributed by atoms with Gasteiger partial charge in [-0.1, -0.05) is 36.4 Å². The van der Waals surface area contributed by atoms with Crippen LogP contribution in [-0.4, -0.2) is 43.5 Å². The van der Waals surface area contributed by atoms with E-state index in [1.807, 2.05) is 7.05 Å². The molecule has 0 aromatic heterocycles. The summed E-state index contributed by atoms with van der Waals surface area (Å²) in [4.78, 5) is 0. The number of aromatic hydroxyl groups is 1. The molecule has 2 aromatic rings. The molecule has 1 atom stereocenters. The Morgan fingerprint density at radius 2 is 1.73 bits per heavy atom. The van der Waals surface area contributed by atoms with Gasteiger partial charge in [-0.3, -0.25) is 0 Å². The summed E-state index contributed by atoms with van der Waals surface area (Å²) in [5.74, 6) is 0.450. The van der Waals surface area contributed by atoms with Crippen molar-refractivity contribution in [3.8, 4) is 11.5 Å². The number of phenols is 1. The minimum Gasteiger partial charge on any atom is -0.504 e. The predicted molar refractivity (Wildman–Crippen MR) is 107 cm³/mol. The van der Waals surface area contributed by atoms with Gasteiger partial charge in [0.25, 0.3) is 0 Å². The second-order valence-corrected chi connectivity index (χ2v) is 6.80. The highest BCUT2D eigenvalue weighted by Crippen LogP contribution is 2.28. The van der Waals surface area contributed by atoms with Crippen molar-refractivity contribution in [2.45, 2.75) is 31.9 Å². The third-order valence-electron chi connectivity index (χ3n) is 4.15. The molecule has 2 aromatic carbocycles. The fourth-order valence-electron chi connectivity index (χ4n) is 2.41. The first-order chi connectivity index (χ1) is 12.3. The van der Waals surface area contributed by atoms with E-state index in [2.05, 4.69) is 54.8 Å². The molecule has 0 saturated carbocycles. The largest absolute Gasteiger partial charge is 0.504 e. The van der Waals surface area contributed by atoms with Crippen LogP contribution < -0.4 is 15.4 Å². The number of aliphatic hydroxyl groups excluding tert-OH is 1. The summed E-state index contributed by atoms with van der Waals surface area (Å²) in [7, 11) is 5.24. The van der Waals surface area contributed by atoms with E-state index < -0.39 is 6.10 Å². The SMILES string of the molecule is CNC(C)(C)Cc1ccccc1.CNCC(O)c1ccc(O)c(OC)c1. The Morgan fingerprint density at radius 1 is 1.08 bits per heavy atom. The standard InChI is InChI=1S/C11H17N.C10H15NO3/c1-11(2,12-3)9-10-7-5-4-6-8-10;1-11-6-9(13)7-3-4-8(12)10(5-7)14-2/h4-8,12H,9H2,1-3H3;3-5,9,11-13H,6H2,1-2H3. The lowest BCUT2D eigenvalue weighted by atomic mass is 9.95. The lowest BCUT2D eigenvalue weighted by molar-refractivity contribution is 0.177. The average molecular weight is 360 g/mol. The molecule has 1 unspecified atom stereocenters. The van der Waals surface area contributed by atoms with Crippen molar-refractivity contribution in [2.24, 2.45) is 0 Å². The average Bonchev–Trinajstić information content (AvgIpc) is 2.63. The lowest BCUT2D eigenvalue weighted by Gasteiger charge is -2.23. The molecule has 4 N–H and O–H groups in total. The van der Waals surface area contributed by atoms with Crippen LogP contribution in [0.2, 0.25) is 0 Å². The second kappa shape index (κ2) is 10.8. The summed E-state index contributed by atoms with van der Waals surface area (Å²) >= 11 is 0. The van der Waals surface area contributed by atoms with Gasteiger partial charge in [-0.15, -0.1) is 0 Å². The van der Waals surface area contributed by atoms with Crippen molar-refractivity contribution in [1.29, 1.82) is 0 Å². The fraction of sp³-hybridized carbons (Fsp3) is 0.429.